The van der Waals surface area contributed by atoms with E-state index in [0.29, 0.717) is 17.8 Å². The summed E-state index contributed by atoms with van der Waals surface area (Å²) in [7, 11) is -3.89. The van der Waals surface area contributed by atoms with E-state index in [2.05, 4.69) is 9.82 Å². The van der Waals surface area contributed by atoms with Crippen LogP contribution in [0.1, 0.15) is 12.5 Å². The number of aryl methyl sites for hydroxylation is 2. The van der Waals surface area contributed by atoms with Crippen molar-refractivity contribution in [2.75, 3.05) is 4.72 Å². The van der Waals surface area contributed by atoms with Crippen LogP contribution in [-0.4, -0.2) is 23.1 Å². The van der Waals surface area contributed by atoms with E-state index >= 15 is 0 Å². The maximum Gasteiger partial charge on any atom is 0.273 e. The summed E-state index contributed by atoms with van der Waals surface area (Å²) >= 11 is 0. The third-order valence-electron chi connectivity index (χ3n) is 2.90. The highest BCUT2D eigenvalue weighted by Crippen LogP contribution is 2.23. The molecule has 8 nitrogen and oxygen atoms in total. The molecule has 0 saturated heterocycles. The van der Waals surface area contributed by atoms with Gasteiger partial charge in [-0.05, 0) is 19.9 Å². The van der Waals surface area contributed by atoms with Gasteiger partial charge in [0.2, 0.25) is 0 Å². The van der Waals surface area contributed by atoms with Crippen LogP contribution >= 0.6 is 0 Å². The average Bonchev–Trinajstić information content (AvgIpc) is 2.85. The minimum atomic E-state index is -3.89. The highest BCUT2D eigenvalue weighted by molar-refractivity contribution is 7.92. The molecule has 21 heavy (non-hydrogen) atoms. The smallest absolute Gasteiger partial charge is 0.273 e. The molecule has 0 spiro atoms. The van der Waals surface area contributed by atoms with Crippen LogP contribution in [0.3, 0.4) is 0 Å². The van der Waals surface area contributed by atoms with Crippen LogP contribution in [0.15, 0.2) is 35.5 Å². The molecule has 0 saturated carbocycles. The molecular weight excluding hydrogens is 296 g/mol. The van der Waals surface area contributed by atoms with Gasteiger partial charge in [0.05, 0.1) is 21.7 Å². The number of nitrogens with one attached hydrogen (secondary N) is 1. The number of aromatic nitrogens is 2. The van der Waals surface area contributed by atoms with Gasteiger partial charge in [-0.1, -0.05) is 6.07 Å². The van der Waals surface area contributed by atoms with Crippen molar-refractivity contribution < 1.29 is 13.3 Å². The predicted molar refractivity (Wildman–Crippen MR) is 76.5 cm³/mol. The molecule has 0 radical (unpaired) electrons. The van der Waals surface area contributed by atoms with E-state index in [4.69, 9.17) is 0 Å². The van der Waals surface area contributed by atoms with Crippen molar-refractivity contribution in [2.45, 2.75) is 25.3 Å². The molecule has 0 aliphatic carbocycles. The Balaban J connectivity index is 2.35. The van der Waals surface area contributed by atoms with E-state index in [1.54, 1.807) is 17.8 Å². The number of anilines is 1. The van der Waals surface area contributed by atoms with Crippen molar-refractivity contribution >= 4 is 21.4 Å². The first-order chi connectivity index (χ1) is 9.83. The molecule has 0 aliphatic rings. The number of sulfonamides is 1. The summed E-state index contributed by atoms with van der Waals surface area (Å²) in [6, 6.07) is 3.78. The van der Waals surface area contributed by atoms with Gasteiger partial charge >= 0.3 is 0 Å². The van der Waals surface area contributed by atoms with Crippen LogP contribution in [0, 0.1) is 17.0 Å². The van der Waals surface area contributed by atoms with Gasteiger partial charge in [-0.2, -0.15) is 5.10 Å². The maximum atomic E-state index is 12.2. The zero-order valence-corrected chi connectivity index (χ0v) is 12.3. The second kappa shape index (κ2) is 5.52. The van der Waals surface area contributed by atoms with Crippen molar-refractivity contribution in [3.05, 3.63) is 46.3 Å². The third kappa shape index (κ3) is 3.19. The Morgan fingerprint density at radius 2 is 2.14 bits per heavy atom. The number of nitrogens with zero attached hydrogens (tertiary/aromatic N) is 3. The molecule has 0 amide bonds. The van der Waals surface area contributed by atoms with Gasteiger partial charge < -0.3 is 0 Å². The van der Waals surface area contributed by atoms with Crippen LogP contribution < -0.4 is 4.72 Å². The van der Waals surface area contributed by atoms with Crippen LogP contribution in [0.4, 0.5) is 11.4 Å². The first kappa shape index (κ1) is 15.0. The largest absolute Gasteiger partial charge is 0.276 e. The Bertz CT molecular complexity index is 782. The fourth-order valence-corrected chi connectivity index (χ4v) is 2.80. The SMILES string of the molecule is CCn1cc(NS(=O)(=O)c2ccc(C)c([N+](=O)[O-])c2)cn1. The summed E-state index contributed by atoms with van der Waals surface area (Å²) in [6.45, 7) is 4.03. The van der Waals surface area contributed by atoms with Crippen molar-refractivity contribution in [1.29, 1.82) is 0 Å². The molecule has 1 aromatic heterocycles. The standard InChI is InChI=1S/C12H14N4O4S/c1-3-15-8-10(7-13-15)14-21(19,20)11-5-4-9(2)12(6-11)16(17)18/h4-8,14H,3H2,1-2H3. The lowest BCUT2D eigenvalue weighted by molar-refractivity contribution is -0.385. The summed E-state index contributed by atoms with van der Waals surface area (Å²) in [5.41, 5.74) is 0.472. The third-order valence-corrected chi connectivity index (χ3v) is 4.28. The molecule has 0 unspecified atom stereocenters. The number of nitro benzene ring substituents is 1. The van der Waals surface area contributed by atoms with E-state index in [1.807, 2.05) is 6.92 Å². The van der Waals surface area contributed by atoms with Crippen molar-refractivity contribution in [3.63, 3.8) is 0 Å². The lowest BCUT2D eigenvalue weighted by Gasteiger charge is -2.06. The molecule has 0 atom stereocenters. The maximum absolute atomic E-state index is 12.2. The highest BCUT2D eigenvalue weighted by atomic mass is 32.2. The van der Waals surface area contributed by atoms with Crippen LogP contribution in [0.5, 0.6) is 0 Å². The van der Waals surface area contributed by atoms with E-state index in [1.165, 1.54) is 18.3 Å². The van der Waals surface area contributed by atoms with Gasteiger partial charge in [0, 0.05) is 24.4 Å². The zero-order valence-electron chi connectivity index (χ0n) is 11.5. The molecule has 1 N–H and O–H groups in total. The van der Waals surface area contributed by atoms with Crippen LogP contribution in [0.25, 0.3) is 0 Å². The molecule has 2 aromatic rings. The number of hydrogen-bond acceptors (Lipinski definition) is 5. The molecule has 112 valence electrons. The molecule has 0 aliphatic heterocycles. The molecule has 0 bridgehead atoms. The second-order valence-electron chi connectivity index (χ2n) is 4.40. The van der Waals surface area contributed by atoms with Crippen molar-refractivity contribution in [2.24, 2.45) is 0 Å². The summed E-state index contributed by atoms with van der Waals surface area (Å²) in [5.74, 6) is 0. The first-order valence-corrected chi connectivity index (χ1v) is 7.62. The minimum absolute atomic E-state index is 0.163. The summed E-state index contributed by atoms with van der Waals surface area (Å²) in [5, 5.41) is 14.8. The van der Waals surface area contributed by atoms with Crippen LogP contribution in [0.2, 0.25) is 0 Å². The number of hydrogen-bond donors (Lipinski definition) is 1. The van der Waals surface area contributed by atoms with E-state index in [9.17, 15) is 18.5 Å². The summed E-state index contributed by atoms with van der Waals surface area (Å²) < 4.78 is 28.3. The lowest BCUT2D eigenvalue weighted by Crippen LogP contribution is -2.13. The summed E-state index contributed by atoms with van der Waals surface area (Å²) in [4.78, 5) is 10.1. The van der Waals surface area contributed by atoms with Crippen molar-refractivity contribution in [3.8, 4) is 0 Å². The fraction of sp³-hybridized carbons (Fsp3) is 0.250. The molecule has 1 aromatic carbocycles. The Morgan fingerprint density at radius 3 is 2.71 bits per heavy atom. The Hall–Kier alpha value is -2.42. The Labute approximate surface area is 121 Å². The molecule has 9 heteroatoms. The average molecular weight is 310 g/mol. The van der Waals surface area contributed by atoms with Gasteiger partial charge in [-0.15, -0.1) is 0 Å². The highest BCUT2D eigenvalue weighted by Gasteiger charge is 2.20. The van der Waals surface area contributed by atoms with E-state index < -0.39 is 14.9 Å². The van der Waals surface area contributed by atoms with E-state index in [0.717, 1.165) is 6.07 Å². The Kier molecular flexibility index (Phi) is 3.94. The quantitative estimate of drug-likeness (QED) is 0.670. The fourth-order valence-electron chi connectivity index (χ4n) is 1.76. The molecular formula is C12H14N4O4S. The molecule has 2 rings (SSSR count). The van der Waals surface area contributed by atoms with Gasteiger partial charge in [0.25, 0.3) is 15.7 Å². The number of rotatable bonds is 5. The molecule has 1 heterocycles. The van der Waals surface area contributed by atoms with Crippen molar-refractivity contribution in [1.82, 2.24) is 9.78 Å². The monoisotopic (exact) mass is 310 g/mol. The van der Waals surface area contributed by atoms with Gasteiger partial charge in [-0.25, -0.2) is 8.42 Å². The minimum Gasteiger partial charge on any atom is -0.276 e. The number of nitro groups is 1. The molecule has 0 fully saturated rings. The van der Waals surface area contributed by atoms with Gasteiger partial charge in [-0.3, -0.25) is 19.5 Å². The number of benzene rings is 1. The Morgan fingerprint density at radius 1 is 1.43 bits per heavy atom. The first-order valence-electron chi connectivity index (χ1n) is 6.14. The van der Waals surface area contributed by atoms with Crippen LogP contribution in [-0.2, 0) is 16.6 Å². The second-order valence-corrected chi connectivity index (χ2v) is 6.08. The zero-order chi connectivity index (χ0) is 15.6. The lowest BCUT2D eigenvalue weighted by atomic mass is 10.2. The predicted octanol–water partition coefficient (Wildman–Crippen LogP) is 1.92. The summed E-state index contributed by atoms with van der Waals surface area (Å²) in [6.07, 6.45) is 2.92. The van der Waals surface area contributed by atoms with E-state index in [-0.39, 0.29) is 10.6 Å². The topological polar surface area (TPSA) is 107 Å². The normalized spacial score (nSPS) is 11.3. The van der Waals surface area contributed by atoms with Gasteiger partial charge in [0.15, 0.2) is 0 Å². The van der Waals surface area contributed by atoms with Gasteiger partial charge in [0.1, 0.15) is 0 Å².